The van der Waals surface area contributed by atoms with E-state index >= 15 is 0 Å². The Morgan fingerprint density at radius 3 is 2.29 bits per heavy atom. The molecule has 5 heteroatoms. The summed E-state index contributed by atoms with van der Waals surface area (Å²) < 4.78 is 5.63. The number of hydrogen-bond donors (Lipinski definition) is 2. The van der Waals surface area contributed by atoms with Crippen LogP contribution in [0.2, 0.25) is 0 Å². The molecule has 0 aromatic heterocycles. The van der Waals surface area contributed by atoms with Crippen LogP contribution in [0.25, 0.3) is 0 Å². The number of anilines is 1. The number of amides is 1. The molecule has 0 atom stereocenters. The average Bonchev–Trinajstić information content (AvgIpc) is 2.54. The Labute approximate surface area is 148 Å². The highest BCUT2D eigenvalue weighted by molar-refractivity contribution is 7.80. The summed E-state index contributed by atoms with van der Waals surface area (Å²) >= 11 is 5.18. The maximum Gasteiger partial charge on any atom is 0.257 e. The summed E-state index contributed by atoms with van der Waals surface area (Å²) in [6.45, 7) is 6.86. The van der Waals surface area contributed by atoms with Crippen molar-refractivity contribution in [2.45, 2.75) is 20.8 Å². The van der Waals surface area contributed by atoms with E-state index in [9.17, 15) is 4.79 Å². The van der Waals surface area contributed by atoms with Gasteiger partial charge >= 0.3 is 0 Å². The Hall–Kier alpha value is -2.40. The van der Waals surface area contributed by atoms with Crippen molar-refractivity contribution in [2.75, 3.05) is 11.9 Å². The number of carbonyl (C=O) groups is 1. The van der Waals surface area contributed by atoms with E-state index in [0.29, 0.717) is 18.1 Å². The molecule has 0 aliphatic heterocycles. The van der Waals surface area contributed by atoms with E-state index in [0.717, 1.165) is 17.0 Å². The summed E-state index contributed by atoms with van der Waals surface area (Å²) in [6, 6.07) is 14.8. The largest absolute Gasteiger partial charge is 0.493 e. The molecule has 0 aliphatic rings. The summed E-state index contributed by atoms with van der Waals surface area (Å²) in [5, 5.41) is 5.92. The number of thiocarbonyl (C=S) groups is 1. The highest BCUT2D eigenvalue weighted by atomic mass is 32.1. The zero-order valence-corrected chi connectivity index (χ0v) is 14.9. The maximum atomic E-state index is 12.1. The predicted molar refractivity (Wildman–Crippen MR) is 102 cm³/mol. The van der Waals surface area contributed by atoms with Crippen molar-refractivity contribution in [3.63, 3.8) is 0 Å². The zero-order chi connectivity index (χ0) is 17.5. The van der Waals surface area contributed by atoms with Gasteiger partial charge < -0.3 is 10.1 Å². The van der Waals surface area contributed by atoms with Gasteiger partial charge in [0.25, 0.3) is 5.91 Å². The number of benzene rings is 2. The standard InChI is InChI=1S/C19H22N2O2S/c1-13(2)12-23-17-10-8-16(9-11-17)20-19(24)21-18(22)15-6-4-14(3)5-7-15/h4-11,13H,12H2,1-3H3,(H2,20,21,22,24). The Bertz CT molecular complexity index is 694. The van der Waals surface area contributed by atoms with Gasteiger partial charge in [-0.05, 0) is 61.5 Å². The Kier molecular flexibility index (Phi) is 6.32. The topological polar surface area (TPSA) is 50.4 Å². The lowest BCUT2D eigenvalue weighted by Crippen LogP contribution is -2.34. The van der Waals surface area contributed by atoms with Crippen LogP contribution in [-0.2, 0) is 0 Å². The van der Waals surface area contributed by atoms with E-state index in [1.165, 1.54) is 0 Å². The van der Waals surface area contributed by atoms with Crippen molar-refractivity contribution in [2.24, 2.45) is 5.92 Å². The lowest BCUT2D eigenvalue weighted by molar-refractivity contribution is 0.0977. The summed E-state index contributed by atoms with van der Waals surface area (Å²) in [5.74, 6) is 1.06. The fraction of sp³-hybridized carbons (Fsp3) is 0.263. The Balaban J connectivity index is 1.87. The third-order valence-corrected chi connectivity index (χ3v) is 3.44. The number of nitrogens with one attached hydrogen (secondary N) is 2. The van der Waals surface area contributed by atoms with Crippen LogP contribution in [-0.4, -0.2) is 17.6 Å². The van der Waals surface area contributed by atoms with Crippen molar-refractivity contribution < 1.29 is 9.53 Å². The van der Waals surface area contributed by atoms with Crippen LogP contribution in [0.4, 0.5) is 5.69 Å². The molecule has 0 heterocycles. The molecule has 2 N–H and O–H groups in total. The lowest BCUT2D eigenvalue weighted by Gasteiger charge is -2.11. The second-order valence-electron chi connectivity index (χ2n) is 6.00. The molecule has 126 valence electrons. The van der Waals surface area contributed by atoms with E-state index in [1.807, 2.05) is 43.3 Å². The molecule has 0 spiro atoms. The van der Waals surface area contributed by atoms with Gasteiger partial charge in [-0.25, -0.2) is 0 Å². The molecule has 2 aromatic carbocycles. The van der Waals surface area contributed by atoms with E-state index in [2.05, 4.69) is 24.5 Å². The minimum Gasteiger partial charge on any atom is -0.493 e. The summed E-state index contributed by atoms with van der Waals surface area (Å²) in [5.41, 5.74) is 2.47. The van der Waals surface area contributed by atoms with Crippen LogP contribution in [0.1, 0.15) is 29.8 Å². The zero-order valence-electron chi connectivity index (χ0n) is 14.1. The van der Waals surface area contributed by atoms with Gasteiger partial charge in [0.2, 0.25) is 0 Å². The van der Waals surface area contributed by atoms with Crippen LogP contribution >= 0.6 is 12.2 Å². The van der Waals surface area contributed by atoms with Gasteiger partial charge in [-0.2, -0.15) is 0 Å². The second kappa shape index (κ2) is 8.45. The van der Waals surface area contributed by atoms with Crippen LogP contribution in [0, 0.1) is 12.8 Å². The molecule has 1 amide bonds. The molecule has 0 unspecified atom stereocenters. The molecule has 4 nitrogen and oxygen atoms in total. The van der Waals surface area contributed by atoms with Gasteiger partial charge in [0.05, 0.1) is 6.61 Å². The summed E-state index contributed by atoms with van der Waals surface area (Å²) in [4.78, 5) is 12.1. The van der Waals surface area contributed by atoms with E-state index in [1.54, 1.807) is 12.1 Å². The Morgan fingerprint density at radius 2 is 1.71 bits per heavy atom. The number of ether oxygens (including phenoxy) is 1. The lowest BCUT2D eigenvalue weighted by atomic mass is 10.1. The molecule has 2 aromatic rings. The van der Waals surface area contributed by atoms with Crippen LogP contribution < -0.4 is 15.4 Å². The number of rotatable bonds is 5. The molecule has 2 rings (SSSR count). The van der Waals surface area contributed by atoms with E-state index in [-0.39, 0.29) is 11.0 Å². The van der Waals surface area contributed by atoms with Crippen molar-refractivity contribution >= 4 is 28.9 Å². The summed E-state index contributed by atoms with van der Waals surface area (Å²) in [6.07, 6.45) is 0. The van der Waals surface area contributed by atoms with Crippen molar-refractivity contribution in [3.05, 3.63) is 59.7 Å². The normalized spacial score (nSPS) is 10.3. The van der Waals surface area contributed by atoms with Crippen molar-refractivity contribution in [3.8, 4) is 5.75 Å². The third-order valence-electron chi connectivity index (χ3n) is 3.24. The minimum absolute atomic E-state index is 0.232. The first kappa shape index (κ1) is 17.9. The van der Waals surface area contributed by atoms with Gasteiger partial charge in [-0.1, -0.05) is 31.5 Å². The highest BCUT2D eigenvalue weighted by Gasteiger charge is 2.07. The molecule has 0 aliphatic carbocycles. The van der Waals surface area contributed by atoms with Gasteiger partial charge in [0, 0.05) is 11.3 Å². The highest BCUT2D eigenvalue weighted by Crippen LogP contribution is 2.16. The Morgan fingerprint density at radius 1 is 1.08 bits per heavy atom. The predicted octanol–water partition coefficient (Wildman–Crippen LogP) is 4.16. The quantitative estimate of drug-likeness (QED) is 0.801. The molecule has 0 saturated heterocycles. The third kappa shape index (κ3) is 5.66. The first-order valence-electron chi connectivity index (χ1n) is 7.86. The van der Waals surface area contributed by atoms with E-state index < -0.39 is 0 Å². The fourth-order valence-corrected chi connectivity index (χ4v) is 2.15. The first-order valence-corrected chi connectivity index (χ1v) is 8.26. The smallest absolute Gasteiger partial charge is 0.257 e. The van der Waals surface area contributed by atoms with Crippen LogP contribution in [0.5, 0.6) is 5.75 Å². The second-order valence-corrected chi connectivity index (χ2v) is 6.41. The molecular formula is C19H22N2O2S. The summed E-state index contributed by atoms with van der Waals surface area (Å²) in [7, 11) is 0. The molecule has 0 saturated carbocycles. The molecule has 24 heavy (non-hydrogen) atoms. The van der Waals surface area contributed by atoms with E-state index in [4.69, 9.17) is 17.0 Å². The van der Waals surface area contributed by atoms with Crippen molar-refractivity contribution in [1.82, 2.24) is 5.32 Å². The van der Waals surface area contributed by atoms with Gasteiger partial charge in [0.1, 0.15) is 5.75 Å². The number of hydrogen-bond acceptors (Lipinski definition) is 3. The SMILES string of the molecule is Cc1ccc(C(=O)NC(=S)Nc2ccc(OCC(C)C)cc2)cc1. The van der Waals surface area contributed by atoms with Crippen LogP contribution in [0.15, 0.2) is 48.5 Å². The minimum atomic E-state index is -0.232. The molecular weight excluding hydrogens is 320 g/mol. The van der Waals surface area contributed by atoms with Gasteiger partial charge in [-0.3, -0.25) is 10.1 Å². The maximum absolute atomic E-state index is 12.1. The van der Waals surface area contributed by atoms with Gasteiger partial charge in [-0.15, -0.1) is 0 Å². The average molecular weight is 342 g/mol. The van der Waals surface area contributed by atoms with Crippen LogP contribution in [0.3, 0.4) is 0 Å². The number of carbonyl (C=O) groups excluding carboxylic acids is 1. The molecule has 0 radical (unpaired) electrons. The fourth-order valence-electron chi connectivity index (χ4n) is 1.94. The monoisotopic (exact) mass is 342 g/mol. The van der Waals surface area contributed by atoms with Gasteiger partial charge in [0.15, 0.2) is 5.11 Å². The van der Waals surface area contributed by atoms with Crippen molar-refractivity contribution in [1.29, 1.82) is 0 Å². The molecule has 0 fully saturated rings. The molecule has 0 bridgehead atoms. The first-order chi connectivity index (χ1) is 11.4. The number of aryl methyl sites for hydroxylation is 1.